The first-order chi connectivity index (χ1) is 10.4. The smallest absolute Gasteiger partial charge is 0.271 e. The summed E-state index contributed by atoms with van der Waals surface area (Å²) in [7, 11) is 1.77. The van der Waals surface area contributed by atoms with Crippen molar-refractivity contribution in [1.82, 2.24) is 10.2 Å². The van der Waals surface area contributed by atoms with E-state index in [4.69, 9.17) is 11.6 Å². The molecule has 1 N–H and O–H groups in total. The molecule has 23 heavy (non-hydrogen) atoms. The summed E-state index contributed by atoms with van der Waals surface area (Å²) in [6, 6.07) is 5.16. The molecule has 0 radical (unpaired) electrons. The van der Waals surface area contributed by atoms with E-state index in [9.17, 15) is 14.9 Å². The lowest BCUT2D eigenvalue weighted by atomic mass is 9.98. The third kappa shape index (κ3) is 3.76. The van der Waals surface area contributed by atoms with Gasteiger partial charge in [0.25, 0.3) is 11.6 Å². The molecule has 0 aromatic heterocycles. The molecule has 2 saturated heterocycles. The Morgan fingerprint density at radius 3 is 2.48 bits per heavy atom. The minimum Gasteiger partial charge on any atom is -0.339 e. The van der Waals surface area contributed by atoms with Gasteiger partial charge in [-0.2, -0.15) is 0 Å². The van der Waals surface area contributed by atoms with Gasteiger partial charge in [0.2, 0.25) is 0 Å². The number of nitro groups is 1. The SMILES string of the molecule is CN(C(=O)c1cc(Cl)cc([N+](=O)[O-])c1)C1CC2CCC(C1)N2.Cl. The third-order valence-electron chi connectivity index (χ3n) is 4.66. The van der Waals surface area contributed by atoms with Gasteiger partial charge < -0.3 is 10.2 Å². The Bertz CT molecular complexity index is 614. The Balaban J connectivity index is 0.00000192. The zero-order valence-corrected chi connectivity index (χ0v) is 14.3. The minimum absolute atomic E-state index is 0. The summed E-state index contributed by atoms with van der Waals surface area (Å²) in [6.45, 7) is 0. The van der Waals surface area contributed by atoms with Gasteiger partial charge in [-0.15, -0.1) is 12.4 Å². The molecule has 1 aromatic rings. The fraction of sp³-hybridized carbons (Fsp3) is 0.533. The number of carbonyl (C=O) groups excluding carboxylic acids is 1. The monoisotopic (exact) mass is 359 g/mol. The summed E-state index contributed by atoms with van der Waals surface area (Å²) in [5.74, 6) is -0.211. The number of amides is 1. The molecule has 1 amide bonds. The number of non-ortho nitro benzene ring substituents is 1. The summed E-state index contributed by atoms with van der Waals surface area (Å²) >= 11 is 5.90. The van der Waals surface area contributed by atoms with Gasteiger partial charge in [0, 0.05) is 47.9 Å². The molecule has 0 spiro atoms. The van der Waals surface area contributed by atoms with E-state index in [0.717, 1.165) is 25.7 Å². The molecule has 0 saturated carbocycles. The van der Waals surface area contributed by atoms with E-state index in [1.54, 1.807) is 11.9 Å². The molecule has 2 unspecified atom stereocenters. The fourth-order valence-corrected chi connectivity index (χ4v) is 3.75. The number of fused-ring (bicyclic) bond motifs is 2. The van der Waals surface area contributed by atoms with E-state index in [2.05, 4.69) is 5.32 Å². The summed E-state index contributed by atoms with van der Waals surface area (Å²) in [5, 5.41) is 14.7. The lowest BCUT2D eigenvalue weighted by molar-refractivity contribution is -0.384. The van der Waals surface area contributed by atoms with Gasteiger partial charge >= 0.3 is 0 Å². The largest absolute Gasteiger partial charge is 0.339 e. The molecule has 3 rings (SSSR count). The molecule has 2 atom stereocenters. The van der Waals surface area contributed by atoms with Crippen LogP contribution in [0.25, 0.3) is 0 Å². The Morgan fingerprint density at radius 1 is 1.30 bits per heavy atom. The molecule has 2 aliphatic rings. The molecular formula is C15H19Cl2N3O3. The quantitative estimate of drug-likeness (QED) is 0.664. The number of hydrogen-bond acceptors (Lipinski definition) is 4. The van der Waals surface area contributed by atoms with Gasteiger partial charge in [0.1, 0.15) is 0 Å². The predicted octanol–water partition coefficient (Wildman–Crippen LogP) is 3.03. The number of piperidine rings is 1. The first-order valence-electron chi connectivity index (χ1n) is 7.42. The Morgan fingerprint density at radius 2 is 1.91 bits per heavy atom. The van der Waals surface area contributed by atoms with Gasteiger partial charge in [0.15, 0.2) is 0 Å². The van der Waals surface area contributed by atoms with Crippen LogP contribution >= 0.6 is 24.0 Å². The van der Waals surface area contributed by atoms with Crippen molar-refractivity contribution in [3.63, 3.8) is 0 Å². The van der Waals surface area contributed by atoms with Crippen molar-refractivity contribution >= 4 is 35.6 Å². The van der Waals surface area contributed by atoms with Gasteiger partial charge in [-0.25, -0.2) is 0 Å². The molecule has 8 heteroatoms. The first-order valence-corrected chi connectivity index (χ1v) is 7.80. The highest BCUT2D eigenvalue weighted by Gasteiger charge is 2.36. The standard InChI is InChI=1S/C15H18ClN3O3.ClH/c1-18(13-7-11-2-3-12(8-13)17-11)15(20)9-4-10(16)6-14(5-9)19(21)22;/h4-6,11-13,17H,2-3,7-8H2,1H3;1H. The predicted molar refractivity (Wildman–Crippen MR) is 90.4 cm³/mol. The number of halogens is 2. The van der Waals surface area contributed by atoms with Gasteiger partial charge in [-0.1, -0.05) is 11.6 Å². The molecule has 2 bridgehead atoms. The lowest BCUT2D eigenvalue weighted by Gasteiger charge is -2.35. The van der Waals surface area contributed by atoms with Crippen LogP contribution in [0, 0.1) is 10.1 Å². The zero-order chi connectivity index (χ0) is 15.9. The van der Waals surface area contributed by atoms with Crippen LogP contribution in [-0.2, 0) is 0 Å². The molecule has 0 aliphatic carbocycles. The zero-order valence-electron chi connectivity index (χ0n) is 12.7. The normalized spacial score (nSPS) is 25.6. The number of nitrogens with zero attached hydrogens (tertiary/aromatic N) is 2. The number of nitro benzene ring substituents is 1. The maximum Gasteiger partial charge on any atom is 0.271 e. The van der Waals surface area contributed by atoms with Crippen molar-refractivity contribution in [1.29, 1.82) is 0 Å². The number of nitrogens with one attached hydrogen (secondary N) is 1. The molecular weight excluding hydrogens is 341 g/mol. The van der Waals surface area contributed by atoms with Crippen molar-refractivity contribution < 1.29 is 9.72 Å². The van der Waals surface area contributed by atoms with Crippen LogP contribution in [0.15, 0.2) is 18.2 Å². The van der Waals surface area contributed by atoms with Crippen molar-refractivity contribution in [3.05, 3.63) is 38.9 Å². The van der Waals surface area contributed by atoms with Crippen LogP contribution in [0.4, 0.5) is 5.69 Å². The molecule has 6 nitrogen and oxygen atoms in total. The maximum atomic E-state index is 12.6. The second-order valence-corrected chi connectivity index (χ2v) is 6.57. The number of benzene rings is 1. The van der Waals surface area contributed by atoms with Crippen LogP contribution < -0.4 is 5.32 Å². The third-order valence-corrected chi connectivity index (χ3v) is 4.87. The highest BCUT2D eigenvalue weighted by atomic mass is 35.5. The summed E-state index contributed by atoms with van der Waals surface area (Å²) < 4.78 is 0. The van der Waals surface area contributed by atoms with Crippen LogP contribution in [0.2, 0.25) is 5.02 Å². The van der Waals surface area contributed by atoms with Crippen molar-refractivity contribution in [2.75, 3.05) is 7.05 Å². The average molecular weight is 360 g/mol. The Kier molecular flexibility index (Phi) is 5.49. The number of rotatable bonds is 3. The van der Waals surface area contributed by atoms with Crippen LogP contribution in [0.3, 0.4) is 0 Å². The van der Waals surface area contributed by atoms with Gasteiger partial charge in [0.05, 0.1) is 4.92 Å². The minimum atomic E-state index is -0.534. The number of carbonyl (C=O) groups is 1. The van der Waals surface area contributed by atoms with E-state index in [0.29, 0.717) is 12.1 Å². The number of hydrogen-bond donors (Lipinski definition) is 1. The summed E-state index contributed by atoms with van der Waals surface area (Å²) in [4.78, 5) is 24.7. The molecule has 1 aromatic carbocycles. The Labute approximate surface area is 145 Å². The summed E-state index contributed by atoms with van der Waals surface area (Å²) in [5.41, 5.74) is 0.113. The van der Waals surface area contributed by atoms with Gasteiger partial charge in [-0.05, 0) is 31.7 Å². The van der Waals surface area contributed by atoms with Crippen molar-refractivity contribution in [2.45, 2.75) is 43.8 Å². The molecule has 2 aliphatic heterocycles. The molecule has 126 valence electrons. The molecule has 2 heterocycles. The highest BCUT2D eigenvalue weighted by Crippen LogP contribution is 2.30. The van der Waals surface area contributed by atoms with E-state index < -0.39 is 4.92 Å². The van der Waals surface area contributed by atoms with E-state index in [1.807, 2.05) is 0 Å². The lowest BCUT2D eigenvalue weighted by Crippen LogP contribution is -2.48. The second kappa shape index (κ2) is 7.03. The summed E-state index contributed by atoms with van der Waals surface area (Å²) in [6.07, 6.45) is 4.18. The molecule has 2 fully saturated rings. The van der Waals surface area contributed by atoms with Crippen LogP contribution in [0.5, 0.6) is 0 Å². The van der Waals surface area contributed by atoms with Gasteiger partial charge in [-0.3, -0.25) is 14.9 Å². The van der Waals surface area contributed by atoms with Crippen LogP contribution in [-0.4, -0.2) is 40.9 Å². The fourth-order valence-electron chi connectivity index (χ4n) is 3.52. The van der Waals surface area contributed by atoms with E-state index in [1.165, 1.54) is 18.2 Å². The van der Waals surface area contributed by atoms with Crippen molar-refractivity contribution in [2.24, 2.45) is 0 Å². The van der Waals surface area contributed by atoms with E-state index in [-0.39, 0.29) is 40.6 Å². The topological polar surface area (TPSA) is 75.5 Å². The second-order valence-electron chi connectivity index (χ2n) is 6.13. The highest BCUT2D eigenvalue weighted by molar-refractivity contribution is 6.31. The first kappa shape index (κ1) is 18.0. The van der Waals surface area contributed by atoms with E-state index >= 15 is 0 Å². The Hall–Kier alpha value is -1.37. The van der Waals surface area contributed by atoms with Crippen LogP contribution in [0.1, 0.15) is 36.0 Å². The maximum absolute atomic E-state index is 12.6. The van der Waals surface area contributed by atoms with Crippen molar-refractivity contribution in [3.8, 4) is 0 Å². The average Bonchev–Trinajstić information content (AvgIpc) is 2.83.